The van der Waals surface area contributed by atoms with Gasteiger partial charge in [-0.1, -0.05) is 23.7 Å². The number of halogens is 1. The molecule has 0 aliphatic rings. The molecule has 0 aliphatic heterocycles. The number of methoxy groups -OCH3 is 1. The number of hydrogen-bond donors (Lipinski definition) is 1. The molecule has 0 spiro atoms. The van der Waals surface area contributed by atoms with Crippen LogP contribution in [0, 0.1) is 0 Å². The summed E-state index contributed by atoms with van der Waals surface area (Å²) in [6.45, 7) is 0. The van der Waals surface area contributed by atoms with Crippen molar-refractivity contribution in [1.82, 2.24) is 0 Å². The van der Waals surface area contributed by atoms with Gasteiger partial charge >= 0.3 is 0 Å². The lowest BCUT2D eigenvalue weighted by atomic mass is 10.1. The standard InChI is InChI=1S/C17H14ClNO3S/c1-22-16-8-2-13-11-17(9-3-12(13)10-16)23(20,21)19-15-6-4-14(18)5-7-15/h2-11,19H,1H3. The molecule has 0 saturated heterocycles. The Kier molecular flexibility index (Phi) is 4.15. The minimum absolute atomic E-state index is 0.199. The lowest BCUT2D eigenvalue weighted by Gasteiger charge is -2.09. The number of fused-ring (bicyclic) bond motifs is 1. The third-order valence-electron chi connectivity index (χ3n) is 3.43. The molecule has 0 radical (unpaired) electrons. The van der Waals surface area contributed by atoms with Crippen LogP contribution in [0.3, 0.4) is 0 Å². The van der Waals surface area contributed by atoms with E-state index in [2.05, 4.69) is 4.72 Å². The van der Waals surface area contributed by atoms with Gasteiger partial charge in [-0.2, -0.15) is 0 Å². The first-order valence-electron chi connectivity index (χ1n) is 6.84. The van der Waals surface area contributed by atoms with E-state index in [0.717, 1.165) is 16.5 Å². The molecule has 0 unspecified atom stereocenters. The molecular formula is C17H14ClNO3S. The van der Waals surface area contributed by atoms with Gasteiger partial charge in [-0.3, -0.25) is 4.72 Å². The maximum Gasteiger partial charge on any atom is 0.261 e. The van der Waals surface area contributed by atoms with Crippen LogP contribution in [-0.4, -0.2) is 15.5 Å². The molecule has 3 aromatic rings. The van der Waals surface area contributed by atoms with Gasteiger partial charge < -0.3 is 4.74 Å². The Morgan fingerprint density at radius 2 is 1.57 bits per heavy atom. The van der Waals surface area contributed by atoms with E-state index >= 15 is 0 Å². The lowest BCUT2D eigenvalue weighted by Crippen LogP contribution is -2.12. The molecular weight excluding hydrogens is 334 g/mol. The molecule has 3 aromatic carbocycles. The monoisotopic (exact) mass is 347 g/mol. The lowest BCUT2D eigenvalue weighted by molar-refractivity contribution is 0.415. The van der Waals surface area contributed by atoms with Gasteiger partial charge in [0.2, 0.25) is 0 Å². The maximum absolute atomic E-state index is 12.5. The van der Waals surface area contributed by atoms with Gasteiger partial charge in [-0.05, 0) is 59.3 Å². The number of nitrogens with one attached hydrogen (secondary N) is 1. The van der Waals surface area contributed by atoms with E-state index in [0.29, 0.717) is 10.7 Å². The van der Waals surface area contributed by atoms with E-state index in [9.17, 15) is 8.42 Å². The molecule has 0 aromatic heterocycles. The van der Waals surface area contributed by atoms with Crippen LogP contribution in [0.1, 0.15) is 0 Å². The third-order valence-corrected chi connectivity index (χ3v) is 5.06. The molecule has 0 amide bonds. The second-order valence-electron chi connectivity index (χ2n) is 4.99. The van der Waals surface area contributed by atoms with Gasteiger partial charge in [0.1, 0.15) is 5.75 Å². The highest BCUT2D eigenvalue weighted by Gasteiger charge is 2.14. The van der Waals surface area contributed by atoms with E-state index in [1.165, 1.54) is 0 Å². The van der Waals surface area contributed by atoms with Crippen LogP contribution in [0.25, 0.3) is 10.8 Å². The zero-order chi connectivity index (χ0) is 16.4. The first kappa shape index (κ1) is 15.6. The summed E-state index contributed by atoms with van der Waals surface area (Å²) in [4.78, 5) is 0.199. The van der Waals surface area contributed by atoms with Crippen LogP contribution in [0.15, 0.2) is 65.6 Å². The van der Waals surface area contributed by atoms with Gasteiger partial charge in [-0.15, -0.1) is 0 Å². The Hall–Kier alpha value is -2.24. The SMILES string of the molecule is COc1ccc2cc(S(=O)(=O)Nc3ccc(Cl)cc3)ccc2c1. The normalized spacial score (nSPS) is 11.4. The van der Waals surface area contributed by atoms with Gasteiger partial charge in [0.15, 0.2) is 0 Å². The summed E-state index contributed by atoms with van der Waals surface area (Å²) >= 11 is 5.80. The number of ether oxygens (including phenoxy) is 1. The Labute approximate surface area is 139 Å². The van der Waals surface area contributed by atoms with E-state index < -0.39 is 10.0 Å². The number of hydrogen-bond acceptors (Lipinski definition) is 3. The van der Waals surface area contributed by atoms with Crippen LogP contribution in [0.2, 0.25) is 5.02 Å². The number of anilines is 1. The number of rotatable bonds is 4. The van der Waals surface area contributed by atoms with Gasteiger partial charge in [0.05, 0.1) is 12.0 Å². The van der Waals surface area contributed by atoms with Gasteiger partial charge in [0.25, 0.3) is 10.0 Å². The topological polar surface area (TPSA) is 55.4 Å². The highest BCUT2D eigenvalue weighted by atomic mass is 35.5. The highest BCUT2D eigenvalue weighted by molar-refractivity contribution is 7.92. The molecule has 118 valence electrons. The number of sulfonamides is 1. The first-order valence-corrected chi connectivity index (χ1v) is 8.70. The van der Waals surface area contributed by atoms with Crippen molar-refractivity contribution in [3.05, 3.63) is 65.7 Å². The van der Waals surface area contributed by atoms with E-state index in [4.69, 9.17) is 16.3 Å². The molecule has 4 nitrogen and oxygen atoms in total. The zero-order valence-electron chi connectivity index (χ0n) is 12.3. The predicted octanol–water partition coefficient (Wildman–Crippen LogP) is 4.30. The molecule has 23 heavy (non-hydrogen) atoms. The first-order chi connectivity index (χ1) is 11.0. The molecule has 0 fully saturated rings. The molecule has 0 heterocycles. The Balaban J connectivity index is 1.96. The molecule has 0 aliphatic carbocycles. The summed E-state index contributed by atoms with van der Waals surface area (Å²) < 4.78 is 32.7. The quantitative estimate of drug-likeness (QED) is 0.765. The van der Waals surface area contributed by atoms with Gasteiger partial charge in [-0.25, -0.2) is 8.42 Å². The average Bonchev–Trinajstić information content (AvgIpc) is 2.55. The fraction of sp³-hybridized carbons (Fsp3) is 0.0588. The van der Waals surface area contributed by atoms with Crippen molar-refractivity contribution in [3.8, 4) is 5.75 Å². The summed E-state index contributed by atoms with van der Waals surface area (Å²) in [5.74, 6) is 0.729. The molecule has 0 bridgehead atoms. The smallest absolute Gasteiger partial charge is 0.261 e. The van der Waals surface area contributed by atoms with Crippen molar-refractivity contribution in [2.45, 2.75) is 4.90 Å². The highest BCUT2D eigenvalue weighted by Crippen LogP contribution is 2.25. The van der Waals surface area contributed by atoms with Gasteiger partial charge in [0, 0.05) is 10.7 Å². The molecule has 0 saturated carbocycles. The summed E-state index contributed by atoms with van der Waals surface area (Å²) in [6, 6.07) is 16.9. The van der Waals surface area contributed by atoms with Crippen molar-refractivity contribution in [1.29, 1.82) is 0 Å². The summed E-state index contributed by atoms with van der Waals surface area (Å²) in [5.41, 5.74) is 0.462. The summed E-state index contributed by atoms with van der Waals surface area (Å²) in [6.07, 6.45) is 0. The van der Waals surface area contributed by atoms with E-state index in [1.807, 2.05) is 12.1 Å². The molecule has 6 heteroatoms. The van der Waals surface area contributed by atoms with Crippen LogP contribution in [0.4, 0.5) is 5.69 Å². The maximum atomic E-state index is 12.5. The minimum atomic E-state index is -3.66. The summed E-state index contributed by atoms with van der Waals surface area (Å²) in [7, 11) is -2.06. The van der Waals surface area contributed by atoms with Crippen molar-refractivity contribution in [3.63, 3.8) is 0 Å². The van der Waals surface area contributed by atoms with Crippen LogP contribution in [-0.2, 0) is 10.0 Å². The van der Waals surface area contributed by atoms with Crippen LogP contribution < -0.4 is 9.46 Å². The van der Waals surface area contributed by atoms with Crippen molar-refractivity contribution in [2.75, 3.05) is 11.8 Å². The zero-order valence-corrected chi connectivity index (χ0v) is 13.9. The minimum Gasteiger partial charge on any atom is -0.497 e. The second-order valence-corrected chi connectivity index (χ2v) is 7.11. The Morgan fingerprint density at radius 3 is 2.26 bits per heavy atom. The molecule has 1 N–H and O–H groups in total. The van der Waals surface area contributed by atoms with Crippen molar-refractivity contribution in [2.24, 2.45) is 0 Å². The predicted molar refractivity (Wildman–Crippen MR) is 92.8 cm³/mol. The second kappa shape index (κ2) is 6.10. The van der Waals surface area contributed by atoms with Crippen molar-refractivity contribution >= 4 is 38.1 Å². The fourth-order valence-electron chi connectivity index (χ4n) is 2.23. The third kappa shape index (κ3) is 3.41. The molecule has 3 rings (SSSR count). The number of benzene rings is 3. The van der Waals surface area contributed by atoms with Crippen LogP contribution in [0.5, 0.6) is 5.75 Å². The van der Waals surface area contributed by atoms with Crippen molar-refractivity contribution < 1.29 is 13.2 Å². The van der Waals surface area contributed by atoms with E-state index in [1.54, 1.807) is 55.6 Å². The fourth-order valence-corrected chi connectivity index (χ4v) is 3.45. The largest absolute Gasteiger partial charge is 0.497 e. The molecule has 0 atom stereocenters. The average molecular weight is 348 g/mol. The Bertz CT molecular complexity index is 953. The summed E-state index contributed by atoms with van der Waals surface area (Å²) in [5, 5.41) is 2.28. The van der Waals surface area contributed by atoms with E-state index in [-0.39, 0.29) is 4.90 Å². The Morgan fingerprint density at radius 1 is 0.913 bits per heavy atom. The van der Waals surface area contributed by atoms with Crippen LogP contribution >= 0.6 is 11.6 Å².